The molecule has 3 saturated heterocycles. The maximum absolute atomic E-state index is 13.1. The highest BCUT2D eigenvalue weighted by Crippen LogP contribution is 2.33. The van der Waals surface area contributed by atoms with Crippen LogP contribution in [0.1, 0.15) is 38.5 Å². The van der Waals surface area contributed by atoms with Crippen LogP contribution in [0, 0.1) is 10.1 Å². The highest BCUT2D eigenvalue weighted by atomic mass is 32.2. The van der Waals surface area contributed by atoms with Gasteiger partial charge in [-0.15, -0.1) is 0 Å². The standard InChI is InChI=1S/C22H35N5O4S/c28-27(29)22-19-20(32(30,31)26-11-3-1-2-4-12-26)7-8-21(22)25-17-15-24(16-18-25)14-13-23-9-5-6-10-23/h7-8,19H,1-6,9-18H2. The molecule has 9 nitrogen and oxygen atoms in total. The van der Waals surface area contributed by atoms with Crippen LogP contribution in [0.25, 0.3) is 0 Å². The van der Waals surface area contributed by atoms with Crippen molar-refractivity contribution in [1.82, 2.24) is 14.1 Å². The molecule has 3 aliphatic heterocycles. The Bertz CT molecular complexity index is 888. The maximum atomic E-state index is 13.1. The molecule has 1 aromatic carbocycles. The number of hydrogen-bond acceptors (Lipinski definition) is 7. The number of anilines is 1. The minimum Gasteiger partial charge on any atom is -0.363 e. The Hall–Kier alpha value is -1.75. The molecule has 178 valence electrons. The van der Waals surface area contributed by atoms with Crippen molar-refractivity contribution in [3.63, 3.8) is 0 Å². The average Bonchev–Trinajstić information content (AvgIpc) is 3.17. The Morgan fingerprint density at radius 2 is 1.34 bits per heavy atom. The summed E-state index contributed by atoms with van der Waals surface area (Å²) in [5.41, 5.74) is 0.399. The van der Waals surface area contributed by atoms with Crippen molar-refractivity contribution < 1.29 is 13.3 Å². The van der Waals surface area contributed by atoms with Gasteiger partial charge in [-0.3, -0.25) is 15.0 Å². The van der Waals surface area contributed by atoms with E-state index < -0.39 is 14.9 Å². The first-order valence-corrected chi connectivity index (χ1v) is 13.4. The molecule has 0 amide bonds. The van der Waals surface area contributed by atoms with Crippen LogP contribution in [0.3, 0.4) is 0 Å². The van der Waals surface area contributed by atoms with E-state index in [-0.39, 0.29) is 10.6 Å². The molecule has 4 rings (SSSR count). The summed E-state index contributed by atoms with van der Waals surface area (Å²) >= 11 is 0. The van der Waals surface area contributed by atoms with E-state index in [0.717, 1.165) is 51.9 Å². The van der Waals surface area contributed by atoms with Gasteiger partial charge >= 0.3 is 0 Å². The van der Waals surface area contributed by atoms with Crippen LogP contribution >= 0.6 is 0 Å². The van der Waals surface area contributed by atoms with Gasteiger partial charge in [-0.25, -0.2) is 8.42 Å². The second kappa shape index (κ2) is 10.5. The summed E-state index contributed by atoms with van der Waals surface area (Å²) in [6, 6.07) is 4.43. The first-order chi connectivity index (χ1) is 15.4. The van der Waals surface area contributed by atoms with Gasteiger partial charge in [0.25, 0.3) is 5.69 Å². The Morgan fingerprint density at radius 3 is 1.94 bits per heavy atom. The first-order valence-electron chi connectivity index (χ1n) is 11.9. The number of nitrogens with zero attached hydrogens (tertiary/aromatic N) is 5. The summed E-state index contributed by atoms with van der Waals surface area (Å²) < 4.78 is 27.7. The predicted molar refractivity (Wildman–Crippen MR) is 125 cm³/mol. The molecule has 0 bridgehead atoms. The minimum absolute atomic E-state index is 0.0269. The van der Waals surface area contributed by atoms with E-state index in [9.17, 15) is 18.5 Å². The van der Waals surface area contributed by atoms with Gasteiger partial charge in [0.2, 0.25) is 10.0 Å². The number of piperazine rings is 1. The second-order valence-electron chi connectivity index (χ2n) is 9.10. The minimum atomic E-state index is -3.72. The molecule has 3 heterocycles. The predicted octanol–water partition coefficient (Wildman–Crippen LogP) is 2.38. The monoisotopic (exact) mass is 465 g/mol. The van der Waals surface area contributed by atoms with E-state index in [1.165, 1.54) is 36.3 Å². The molecular formula is C22H35N5O4S. The molecule has 0 spiro atoms. The van der Waals surface area contributed by atoms with Crippen molar-refractivity contribution in [3.05, 3.63) is 28.3 Å². The van der Waals surface area contributed by atoms with E-state index in [1.54, 1.807) is 12.1 Å². The number of hydrogen-bond donors (Lipinski definition) is 0. The average molecular weight is 466 g/mol. The normalized spacial score (nSPS) is 22.2. The Morgan fingerprint density at radius 1 is 0.781 bits per heavy atom. The van der Waals surface area contributed by atoms with Crippen molar-refractivity contribution in [2.24, 2.45) is 0 Å². The number of nitro groups is 1. The SMILES string of the molecule is O=[N+]([O-])c1cc(S(=O)(=O)N2CCCCCC2)ccc1N1CCN(CCN2CCCC2)CC1. The Balaban J connectivity index is 1.43. The maximum Gasteiger partial charge on any atom is 0.293 e. The van der Waals surface area contributed by atoms with E-state index in [1.807, 2.05) is 4.90 Å². The van der Waals surface area contributed by atoms with Gasteiger partial charge in [-0.1, -0.05) is 12.8 Å². The number of likely N-dealkylation sites (tertiary alicyclic amines) is 1. The summed E-state index contributed by atoms with van der Waals surface area (Å²) in [5, 5.41) is 11.8. The molecule has 0 aromatic heterocycles. The smallest absolute Gasteiger partial charge is 0.293 e. The molecular weight excluding hydrogens is 430 g/mol. The van der Waals surface area contributed by atoms with Gasteiger partial charge in [0.1, 0.15) is 5.69 Å². The van der Waals surface area contributed by atoms with Crippen LogP contribution in [-0.4, -0.2) is 92.9 Å². The lowest BCUT2D eigenvalue weighted by molar-refractivity contribution is -0.384. The zero-order chi connectivity index (χ0) is 22.6. The van der Waals surface area contributed by atoms with E-state index in [4.69, 9.17) is 0 Å². The highest BCUT2D eigenvalue weighted by molar-refractivity contribution is 7.89. The van der Waals surface area contributed by atoms with Crippen molar-refractivity contribution in [3.8, 4) is 0 Å². The van der Waals surface area contributed by atoms with Crippen LogP contribution in [0.15, 0.2) is 23.1 Å². The molecule has 0 saturated carbocycles. The largest absolute Gasteiger partial charge is 0.363 e. The fourth-order valence-electron chi connectivity index (χ4n) is 5.01. The summed E-state index contributed by atoms with van der Waals surface area (Å²) in [7, 11) is -3.72. The summed E-state index contributed by atoms with van der Waals surface area (Å²) in [5.74, 6) is 0. The lowest BCUT2D eigenvalue weighted by atomic mass is 10.2. The zero-order valence-electron chi connectivity index (χ0n) is 18.8. The number of benzene rings is 1. The quantitative estimate of drug-likeness (QED) is 0.451. The van der Waals surface area contributed by atoms with Gasteiger partial charge in [0.15, 0.2) is 0 Å². The molecule has 0 aliphatic carbocycles. The molecule has 0 N–H and O–H groups in total. The number of rotatable bonds is 7. The van der Waals surface area contributed by atoms with Gasteiger partial charge in [0.05, 0.1) is 9.82 Å². The van der Waals surface area contributed by atoms with Crippen molar-refractivity contribution in [1.29, 1.82) is 0 Å². The zero-order valence-corrected chi connectivity index (χ0v) is 19.6. The van der Waals surface area contributed by atoms with E-state index in [0.29, 0.717) is 31.9 Å². The molecule has 10 heteroatoms. The highest BCUT2D eigenvalue weighted by Gasteiger charge is 2.30. The molecule has 0 unspecified atom stereocenters. The van der Waals surface area contributed by atoms with Gasteiger partial charge in [-0.2, -0.15) is 4.31 Å². The fourth-order valence-corrected chi connectivity index (χ4v) is 6.55. The first kappa shape index (κ1) is 23.4. The summed E-state index contributed by atoms with van der Waals surface area (Å²) in [6.07, 6.45) is 6.30. The van der Waals surface area contributed by atoms with Crippen LogP contribution in [0.5, 0.6) is 0 Å². The Labute approximate surface area is 191 Å². The lowest BCUT2D eigenvalue weighted by Crippen LogP contribution is -2.48. The molecule has 3 aliphatic rings. The molecule has 0 radical (unpaired) electrons. The number of nitro benzene ring substituents is 1. The molecule has 1 aromatic rings. The van der Waals surface area contributed by atoms with Gasteiger partial charge in [-0.05, 0) is 50.9 Å². The third-order valence-electron chi connectivity index (χ3n) is 6.99. The van der Waals surface area contributed by atoms with E-state index >= 15 is 0 Å². The van der Waals surface area contributed by atoms with E-state index in [2.05, 4.69) is 9.80 Å². The topological polar surface area (TPSA) is 90.2 Å². The fraction of sp³-hybridized carbons (Fsp3) is 0.727. The molecule has 3 fully saturated rings. The summed E-state index contributed by atoms with van der Waals surface area (Å²) in [6.45, 7) is 8.61. The Kier molecular flexibility index (Phi) is 7.65. The second-order valence-corrected chi connectivity index (χ2v) is 11.0. The third-order valence-corrected chi connectivity index (χ3v) is 8.89. The summed E-state index contributed by atoms with van der Waals surface area (Å²) in [4.78, 5) is 18.4. The van der Waals surface area contributed by atoms with Crippen LogP contribution in [0.4, 0.5) is 11.4 Å². The van der Waals surface area contributed by atoms with Crippen LogP contribution in [0.2, 0.25) is 0 Å². The number of sulfonamides is 1. The van der Waals surface area contributed by atoms with Crippen molar-refractivity contribution in [2.75, 3.05) is 70.3 Å². The van der Waals surface area contributed by atoms with Crippen molar-refractivity contribution in [2.45, 2.75) is 43.4 Å². The molecule has 0 atom stereocenters. The lowest BCUT2D eigenvalue weighted by Gasteiger charge is -2.36. The van der Waals surface area contributed by atoms with Crippen LogP contribution in [-0.2, 0) is 10.0 Å². The molecule has 32 heavy (non-hydrogen) atoms. The third kappa shape index (κ3) is 5.41. The van der Waals surface area contributed by atoms with Gasteiger partial charge < -0.3 is 9.80 Å². The van der Waals surface area contributed by atoms with Gasteiger partial charge in [0, 0.05) is 58.4 Å². The van der Waals surface area contributed by atoms with Crippen molar-refractivity contribution >= 4 is 21.4 Å². The van der Waals surface area contributed by atoms with Crippen LogP contribution < -0.4 is 4.90 Å².